The minimum absolute atomic E-state index is 0.0931. The molecule has 0 aliphatic carbocycles. The van der Waals surface area contributed by atoms with Crippen molar-refractivity contribution in [2.45, 2.75) is 19.9 Å². The molecular weight excluding hydrogens is 346 g/mol. The zero-order valence-electron chi connectivity index (χ0n) is 15.3. The molecule has 1 atom stereocenters. The smallest absolute Gasteiger partial charge is 0.338 e. The van der Waals surface area contributed by atoms with Crippen molar-refractivity contribution in [2.75, 3.05) is 24.6 Å². The van der Waals surface area contributed by atoms with Crippen molar-refractivity contribution in [1.29, 1.82) is 0 Å². The monoisotopic (exact) mass is 369 g/mol. The summed E-state index contributed by atoms with van der Waals surface area (Å²) < 4.78 is 6.94. The van der Waals surface area contributed by atoms with Gasteiger partial charge in [0.05, 0.1) is 18.1 Å². The van der Waals surface area contributed by atoms with Crippen LogP contribution in [0.15, 0.2) is 48.8 Å². The number of carbonyl (C=O) groups is 3. The molecule has 7 heteroatoms. The number of rotatable bonds is 7. The highest BCUT2D eigenvalue weighted by molar-refractivity contribution is 6.00. The fraction of sp³-hybridized carbons (Fsp3) is 0.350. The first-order valence-electron chi connectivity index (χ1n) is 9.04. The number of hydrogen-bond acceptors (Lipinski definition) is 4. The molecule has 2 heterocycles. The Labute approximate surface area is 157 Å². The van der Waals surface area contributed by atoms with Crippen molar-refractivity contribution >= 4 is 23.5 Å². The molecule has 0 radical (unpaired) electrons. The van der Waals surface area contributed by atoms with Crippen molar-refractivity contribution in [1.82, 2.24) is 9.88 Å². The van der Waals surface area contributed by atoms with Crippen LogP contribution < -0.4 is 10.2 Å². The Morgan fingerprint density at radius 3 is 2.56 bits per heavy atom. The van der Waals surface area contributed by atoms with Crippen molar-refractivity contribution in [3.8, 4) is 0 Å². The molecule has 142 valence electrons. The zero-order chi connectivity index (χ0) is 19.2. The number of anilines is 1. The van der Waals surface area contributed by atoms with Gasteiger partial charge in [-0.3, -0.25) is 9.59 Å². The van der Waals surface area contributed by atoms with Crippen LogP contribution in [-0.2, 0) is 20.9 Å². The second kappa shape index (κ2) is 8.53. The van der Waals surface area contributed by atoms with Crippen LogP contribution in [0.2, 0.25) is 0 Å². The molecule has 0 bridgehead atoms. The number of ether oxygens (including phenoxy) is 1. The SMILES string of the molecule is CCOC(=O)c1ccc(N2C[C@H](C(=O)NCCn3cccc3)CC2=O)cc1. The average molecular weight is 369 g/mol. The molecule has 0 unspecified atom stereocenters. The van der Waals surface area contributed by atoms with Gasteiger partial charge in [-0.1, -0.05) is 0 Å². The van der Waals surface area contributed by atoms with E-state index in [1.54, 1.807) is 36.1 Å². The minimum atomic E-state index is -0.392. The zero-order valence-corrected chi connectivity index (χ0v) is 15.3. The van der Waals surface area contributed by atoms with Crippen LogP contribution in [0.3, 0.4) is 0 Å². The summed E-state index contributed by atoms with van der Waals surface area (Å²) in [6.07, 6.45) is 4.06. The van der Waals surface area contributed by atoms with E-state index in [0.717, 1.165) is 0 Å². The van der Waals surface area contributed by atoms with E-state index in [9.17, 15) is 14.4 Å². The highest BCUT2D eigenvalue weighted by Gasteiger charge is 2.35. The minimum Gasteiger partial charge on any atom is -0.462 e. The number of amides is 2. The third-order valence-electron chi connectivity index (χ3n) is 4.52. The number of hydrogen-bond donors (Lipinski definition) is 1. The van der Waals surface area contributed by atoms with Gasteiger partial charge in [0.1, 0.15) is 0 Å². The molecule has 1 aliphatic heterocycles. The van der Waals surface area contributed by atoms with E-state index in [2.05, 4.69) is 5.32 Å². The maximum Gasteiger partial charge on any atom is 0.338 e. The predicted octanol–water partition coefficient (Wildman–Crippen LogP) is 1.83. The Hall–Kier alpha value is -3.09. The molecule has 0 saturated carbocycles. The van der Waals surface area contributed by atoms with E-state index in [-0.39, 0.29) is 24.2 Å². The van der Waals surface area contributed by atoms with Gasteiger partial charge in [0.25, 0.3) is 0 Å². The largest absolute Gasteiger partial charge is 0.462 e. The van der Waals surface area contributed by atoms with Gasteiger partial charge in [0.15, 0.2) is 0 Å². The van der Waals surface area contributed by atoms with Gasteiger partial charge in [-0.2, -0.15) is 0 Å². The summed E-state index contributed by atoms with van der Waals surface area (Å²) in [5.41, 5.74) is 1.11. The van der Waals surface area contributed by atoms with Crippen LogP contribution in [0.5, 0.6) is 0 Å². The molecule has 1 aromatic carbocycles. The highest BCUT2D eigenvalue weighted by atomic mass is 16.5. The summed E-state index contributed by atoms with van der Waals surface area (Å²) in [6, 6.07) is 10.5. The molecule has 0 spiro atoms. The second-order valence-corrected chi connectivity index (χ2v) is 6.38. The standard InChI is InChI=1S/C20H23N3O4/c1-2-27-20(26)15-5-7-17(8-6-15)23-14-16(13-18(23)24)19(25)21-9-12-22-10-3-4-11-22/h3-8,10-11,16H,2,9,12-14H2,1H3,(H,21,25)/t16-/m1/s1. The van der Waals surface area contributed by atoms with E-state index in [0.29, 0.717) is 37.5 Å². The molecular formula is C20H23N3O4. The summed E-state index contributed by atoms with van der Waals surface area (Å²) in [4.78, 5) is 38.0. The summed E-state index contributed by atoms with van der Waals surface area (Å²) in [7, 11) is 0. The first kappa shape index (κ1) is 18.7. The summed E-state index contributed by atoms with van der Waals surface area (Å²) in [5, 5.41) is 2.89. The summed E-state index contributed by atoms with van der Waals surface area (Å²) >= 11 is 0. The Balaban J connectivity index is 1.55. The molecule has 7 nitrogen and oxygen atoms in total. The van der Waals surface area contributed by atoms with E-state index in [1.807, 2.05) is 29.1 Å². The van der Waals surface area contributed by atoms with Crippen LogP contribution in [0.1, 0.15) is 23.7 Å². The maximum atomic E-state index is 12.4. The van der Waals surface area contributed by atoms with Crippen LogP contribution in [0.25, 0.3) is 0 Å². The quantitative estimate of drug-likeness (QED) is 0.755. The van der Waals surface area contributed by atoms with Crippen LogP contribution >= 0.6 is 0 Å². The van der Waals surface area contributed by atoms with E-state index in [1.165, 1.54) is 0 Å². The maximum absolute atomic E-state index is 12.4. The van der Waals surface area contributed by atoms with Crippen molar-refractivity contribution in [3.63, 3.8) is 0 Å². The lowest BCUT2D eigenvalue weighted by Gasteiger charge is -2.17. The van der Waals surface area contributed by atoms with Crippen molar-refractivity contribution in [3.05, 3.63) is 54.4 Å². The first-order valence-corrected chi connectivity index (χ1v) is 9.04. The van der Waals surface area contributed by atoms with E-state index in [4.69, 9.17) is 4.74 Å². The van der Waals surface area contributed by atoms with Crippen molar-refractivity contribution < 1.29 is 19.1 Å². The van der Waals surface area contributed by atoms with Gasteiger partial charge in [0, 0.05) is 44.1 Å². The average Bonchev–Trinajstić information content (AvgIpc) is 3.32. The Kier molecular flexibility index (Phi) is 5.90. The van der Waals surface area contributed by atoms with Gasteiger partial charge in [-0.05, 0) is 43.3 Å². The fourth-order valence-corrected chi connectivity index (χ4v) is 3.10. The molecule has 1 aromatic heterocycles. The van der Waals surface area contributed by atoms with Gasteiger partial charge in [-0.25, -0.2) is 4.79 Å². The number of benzene rings is 1. The molecule has 1 N–H and O–H groups in total. The number of nitrogens with zero attached hydrogens (tertiary/aromatic N) is 2. The third kappa shape index (κ3) is 4.55. The normalized spacial score (nSPS) is 16.4. The lowest BCUT2D eigenvalue weighted by Crippen LogP contribution is -2.34. The predicted molar refractivity (Wildman–Crippen MR) is 100 cm³/mol. The van der Waals surface area contributed by atoms with E-state index < -0.39 is 5.97 Å². The lowest BCUT2D eigenvalue weighted by molar-refractivity contribution is -0.126. The highest BCUT2D eigenvalue weighted by Crippen LogP contribution is 2.25. The van der Waals surface area contributed by atoms with E-state index >= 15 is 0 Å². The summed E-state index contributed by atoms with van der Waals surface area (Å²) in [6.45, 7) is 3.61. The Morgan fingerprint density at radius 2 is 1.89 bits per heavy atom. The third-order valence-corrected chi connectivity index (χ3v) is 4.52. The van der Waals surface area contributed by atoms with Gasteiger partial charge in [-0.15, -0.1) is 0 Å². The second-order valence-electron chi connectivity index (χ2n) is 6.38. The van der Waals surface area contributed by atoms with Gasteiger partial charge >= 0.3 is 5.97 Å². The molecule has 1 fully saturated rings. The number of esters is 1. The molecule has 1 aliphatic rings. The molecule has 2 aromatic rings. The van der Waals surface area contributed by atoms with Gasteiger partial charge in [0.2, 0.25) is 11.8 Å². The first-order chi connectivity index (χ1) is 13.1. The Morgan fingerprint density at radius 1 is 1.19 bits per heavy atom. The van der Waals surface area contributed by atoms with Gasteiger partial charge < -0.3 is 19.5 Å². The number of carbonyl (C=O) groups excluding carboxylic acids is 3. The topological polar surface area (TPSA) is 80.6 Å². The molecule has 27 heavy (non-hydrogen) atoms. The number of nitrogens with one attached hydrogen (secondary N) is 1. The number of aromatic nitrogens is 1. The fourth-order valence-electron chi connectivity index (χ4n) is 3.10. The van der Waals surface area contributed by atoms with Crippen LogP contribution in [-0.4, -0.2) is 42.0 Å². The molecule has 3 rings (SSSR count). The van der Waals surface area contributed by atoms with Crippen LogP contribution in [0.4, 0.5) is 5.69 Å². The molecule has 1 saturated heterocycles. The van der Waals surface area contributed by atoms with Crippen molar-refractivity contribution in [2.24, 2.45) is 5.92 Å². The molecule has 2 amide bonds. The Bertz CT molecular complexity index is 799. The van der Waals surface area contributed by atoms with Crippen LogP contribution in [0, 0.1) is 5.92 Å². The summed E-state index contributed by atoms with van der Waals surface area (Å²) in [5.74, 6) is -0.964. The lowest BCUT2D eigenvalue weighted by atomic mass is 10.1.